The van der Waals surface area contributed by atoms with Crippen LogP contribution in [0.2, 0.25) is 5.02 Å². The van der Waals surface area contributed by atoms with Crippen LogP contribution in [0.5, 0.6) is 0 Å². The molecule has 1 aliphatic heterocycles. The summed E-state index contributed by atoms with van der Waals surface area (Å²) in [4.78, 5) is 12.7. The number of hydrogen-bond acceptors (Lipinski definition) is 5. The van der Waals surface area contributed by atoms with Crippen LogP contribution in [0.1, 0.15) is 12.3 Å². The van der Waals surface area contributed by atoms with E-state index in [4.69, 9.17) is 21.1 Å². The highest BCUT2D eigenvalue weighted by atomic mass is 35.5. The molecule has 3 rings (SSSR count). The van der Waals surface area contributed by atoms with Crippen molar-refractivity contribution in [2.45, 2.75) is 13.0 Å². The van der Waals surface area contributed by atoms with Gasteiger partial charge in [-0.1, -0.05) is 23.7 Å². The minimum atomic E-state index is -0.751. The topological polar surface area (TPSA) is 79.5 Å². The number of benzene rings is 1. The zero-order chi connectivity index (χ0) is 14.8. The molecule has 1 N–H and O–H groups in total. The van der Waals surface area contributed by atoms with Crippen LogP contribution in [-0.4, -0.2) is 39.3 Å². The molecule has 21 heavy (non-hydrogen) atoms. The number of aromatic nitrogens is 2. The maximum atomic E-state index is 10.6. The highest BCUT2D eigenvalue weighted by Crippen LogP contribution is 2.27. The first kappa shape index (κ1) is 14.0. The molecule has 0 unspecified atom stereocenters. The number of carbonyl (C=O) groups is 1. The molecule has 1 saturated heterocycles. The minimum Gasteiger partial charge on any atom is -0.481 e. The second-order valence-corrected chi connectivity index (χ2v) is 5.55. The Morgan fingerprint density at radius 3 is 2.86 bits per heavy atom. The summed E-state index contributed by atoms with van der Waals surface area (Å²) in [6.07, 6.45) is 0.213. The van der Waals surface area contributed by atoms with E-state index in [9.17, 15) is 4.79 Å². The molecule has 0 bridgehead atoms. The van der Waals surface area contributed by atoms with Gasteiger partial charge in [-0.15, -0.1) is 10.2 Å². The second kappa shape index (κ2) is 5.83. The van der Waals surface area contributed by atoms with E-state index in [0.29, 0.717) is 28.9 Å². The summed E-state index contributed by atoms with van der Waals surface area (Å²) in [5.74, 6) is 0.379. The number of aliphatic carboxylic acids is 1. The summed E-state index contributed by atoms with van der Waals surface area (Å²) in [6, 6.07) is 7.29. The molecule has 1 fully saturated rings. The van der Waals surface area contributed by atoms with Crippen LogP contribution in [0.25, 0.3) is 11.5 Å². The summed E-state index contributed by atoms with van der Waals surface area (Å²) in [7, 11) is 0. The van der Waals surface area contributed by atoms with Gasteiger partial charge in [0.25, 0.3) is 0 Å². The average Bonchev–Trinajstić information content (AvgIpc) is 2.85. The number of likely N-dealkylation sites (tertiary alicyclic amines) is 1. The van der Waals surface area contributed by atoms with Crippen molar-refractivity contribution in [1.82, 2.24) is 15.1 Å². The third kappa shape index (κ3) is 3.22. The molecular formula is C14H14ClN3O3. The number of halogens is 1. The Morgan fingerprint density at radius 1 is 1.38 bits per heavy atom. The van der Waals surface area contributed by atoms with Gasteiger partial charge in [0.1, 0.15) is 0 Å². The van der Waals surface area contributed by atoms with Crippen LogP contribution < -0.4 is 0 Å². The van der Waals surface area contributed by atoms with Crippen LogP contribution in [0.15, 0.2) is 28.7 Å². The first-order chi connectivity index (χ1) is 10.1. The molecular weight excluding hydrogens is 294 g/mol. The zero-order valence-electron chi connectivity index (χ0n) is 11.2. The highest BCUT2D eigenvalue weighted by molar-refractivity contribution is 6.33. The molecule has 0 atom stereocenters. The van der Waals surface area contributed by atoms with Gasteiger partial charge in [-0.05, 0) is 18.1 Å². The molecule has 2 heterocycles. The number of rotatable bonds is 5. The van der Waals surface area contributed by atoms with E-state index >= 15 is 0 Å². The standard InChI is InChI=1S/C14H14ClN3O3/c15-11-4-2-1-3-10(11)14-17-16-12(21-14)8-18-6-9(7-18)5-13(19)20/h1-4,9H,5-8H2,(H,19,20). The van der Waals surface area contributed by atoms with Crippen molar-refractivity contribution >= 4 is 17.6 Å². The van der Waals surface area contributed by atoms with Crippen molar-refractivity contribution in [1.29, 1.82) is 0 Å². The van der Waals surface area contributed by atoms with Crippen molar-refractivity contribution in [2.24, 2.45) is 5.92 Å². The lowest BCUT2D eigenvalue weighted by Crippen LogP contribution is -2.46. The number of carboxylic acids is 1. The molecule has 1 aliphatic rings. The van der Waals surface area contributed by atoms with Crippen LogP contribution in [0.3, 0.4) is 0 Å². The molecule has 0 amide bonds. The fraction of sp³-hybridized carbons (Fsp3) is 0.357. The highest BCUT2D eigenvalue weighted by Gasteiger charge is 2.29. The SMILES string of the molecule is O=C(O)CC1CN(Cc2nnc(-c3ccccc3Cl)o2)C1. The van der Waals surface area contributed by atoms with Crippen LogP contribution in [0, 0.1) is 5.92 Å². The van der Waals surface area contributed by atoms with Gasteiger partial charge in [-0.2, -0.15) is 0 Å². The molecule has 1 aromatic heterocycles. The Hall–Kier alpha value is -1.92. The Morgan fingerprint density at radius 2 is 2.14 bits per heavy atom. The molecule has 0 aliphatic carbocycles. The van der Waals surface area contributed by atoms with E-state index in [1.54, 1.807) is 6.07 Å². The molecule has 0 spiro atoms. The molecule has 0 saturated carbocycles. The summed E-state index contributed by atoms with van der Waals surface area (Å²) >= 11 is 6.09. The lowest BCUT2D eigenvalue weighted by atomic mass is 9.97. The number of nitrogens with zero attached hydrogens (tertiary/aromatic N) is 3. The first-order valence-electron chi connectivity index (χ1n) is 6.63. The van der Waals surface area contributed by atoms with Crippen molar-refractivity contribution in [3.05, 3.63) is 35.2 Å². The van der Waals surface area contributed by atoms with Gasteiger partial charge in [0.2, 0.25) is 11.8 Å². The first-order valence-corrected chi connectivity index (χ1v) is 7.01. The van der Waals surface area contributed by atoms with Gasteiger partial charge in [-0.3, -0.25) is 9.69 Å². The summed E-state index contributed by atoms with van der Waals surface area (Å²) in [5, 5.41) is 17.3. The third-order valence-corrected chi connectivity index (χ3v) is 3.76. The molecule has 110 valence electrons. The predicted octanol–water partition coefficient (Wildman–Crippen LogP) is 2.30. The maximum absolute atomic E-state index is 10.6. The molecule has 1 aromatic carbocycles. The Bertz CT molecular complexity index is 652. The molecule has 6 nitrogen and oxygen atoms in total. The minimum absolute atomic E-state index is 0.213. The van der Waals surface area contributed by atoms with Crippen LogP contribution in [0.4, 0.5) is 0 Å². The van der Waals surface area contributed by atoms with E-state index in [1.807, 2.05) is 18.2 Å². The summed E-state index contributed by atoms with van der Waals surface area (Å²) < 4.78 is 5.61. The van der Waals surface area contributed by atoms with Crippen molar-refractivity contribution in [3.63, 3.8) is 0 Å². The van der Waals surface area contributed by atoms with Gasteiger partial charge in [0, 0.05) is 13.1 Å². The van der Waals surface area contributed by atoms with Gasteiger partial charge >= 0.3 is 5.97 Å². The summed E-state index contributed by atoms with van der Waals surface area (Å²) in [5.41, 5.74) is 0.713. The monoisotopic (exact) mass is 307 g/mol. The van der Waals surface area contributed by atoms with Gasteiger partial charge in [0.05, 0.1) is 23.6 Å². The van der Waals surface area contributed by atoms with Gasteiger partial charge in [-0.25, -0.2) is 0 Å². The van der Waals surface area contributed by atoms with Crippen LogP contribution in [-0.2, 0) is 11.3 Å². The second-order valence-electron chi connectivity index (χ2n) is 5.14. The Balaban J connectivity index is 1.60. The molecule has 2 aromatic rings. The maximum Gasteiger partial charge on any atom is 0.303 e. The Labute approximate surface area is 126 Å². The molecule has 7 heteroatoms. The normalized spacial score (nSPS) is 15.9. The predicted molar refractivity (Wildman–Crippen MR) is 75.8 cm³/mol. The van der Waals surface area contributed by atoms with Crippen molar-refractivity contribution in [2.75, 3.05) is 13.1 Å². The smallest absolute Gasteiger partial charge is 0.303 e. The van der Waals surface area contributed by atoms with Crippen LogP contribution >= 0.6 is 11.6 Å². The number of hydrogen-bond donors (Lipinski definition) is 1. The largest absolute Gasteiger partial charge is 0.481 e. The van der Waals surface area contributed by atoms with Crippen molar-refractivity contribution < 1.29 is 14.3 Å². The van der Waals surface area contributed by atoms with Gasteiger partial charge < -0.3 is 9.52 Å². The Kier molecular flexibility index (Phi) is 3.90. The molecule has 0 radical (unpaired) electrons. The van der Waals surface area contributed by atoms with E-state index in [2.05, 4.69) is 15.1 Å². The van der Waals surface area contributed by atoms with E-state index < -0.39 is 5.97 Å². The lowest BCUT2D eigenvalue weighted by Gasteiger charge is -2.37. The van der Waals surface area contributed by atoms with E-state index in [0.717, 1.165) is 13.1 Å². The van der Waals surface area contributed by atoms with Gasteiger partial charge in [0.15, 0.2) is 0 Å². The summed E-state index contributed by atoms with van der Waals surface area (Å²) in [6.45, 7) is 2.03. The quantitative estimate of drug-likeness (QED) is 0.913. The lowest BCUT2D eigenvalue weighted by molar-refractivity contribution is -0.139. The fourth-order valence-electron chi connectivity index (χ4n) is 2.43. The zero-order valence-corrected chi connectivity index (χ0v) is 12.0. The fourth-order valence-corrected chi connectivity index (χ4v) is 2.65. The van der Waals surface area contributed by atoms with E-state index in [-0.39, 0.29) is 12.3 Å². The van der Waals surface area contributed by atoms with E-state index in [1.165, 1.54) is 0 Å². The van der Waals surface area contributed by atoms with Crippen molar-refractivity contribution in [3.8, 4) is 11.5 Å². The number of carboxylic acid groups (broad SMARTS) is 1. The third-order valence-electron chi connectivity index (χ3n) is 3.43. The average molecular weight is 308 g/mol.